The second-order valence-corrected chi connectivity index (χ2v) is 5.65. The van der Waals surface area contributed by atoms with Crippen LogP contribution in [-0.4, -0.2) is 23.4 Å². The molecule has 0 aromatic heterocycles. The Balaban J connectivity index is 0.00000264. The van der Waals surface area contributed by atoms with E-state index in [0.29, 0.717) is 0 Å². The molecule has 3 nitrogen and oxygen atoms in total. The first-order valence-corrected chi connectivity index (χ1v) is 7.58. The fourth-order valence-electron chi connectivity index (χ4n) is 3.02. The Kier molecular flexibility index (Phi) is 7.35. The van der Waals surface area contributed by atoms with E-state index >= 15 is 0 Å². The van der Waals surface area contributed by atoms with Gasteiger partial charge in [-0.15, -0.1) is 12.4 Å². The normalized spacial score (nSPS) is 15.3. The van der Waals surface area contributed by atoms with Crippen LogP contribution in [0.25, 0.3) is 0 Å². The van der Waals surface area contributed by atoms with Gasteiger partial charge >= 0.3 is 6.18 Å². The zero-order valence-corrected chi connectivity index (χ0v) is 13.6. The molecule has 2 rings (SSSR count). The molecule has 0 unspecified atom stereocenters. The topological polar surface area (TPSA) is 46.3 Å². The van der Waals surface area contributed by atoms with Crippen molar-refractivity contribution in [3.05, 3.63) is 35.4 Å². The van der Waals surface area contributed by atoms with Crippen LogP contribution in [-0.2, 0) is 17.5 Å². The number of carbonyl (C=O) groups is 1. The quantitative estimate of drug-likeness (QED) is 0.879. The lowest BCUT2D eigenvalue weighted by atomic mass is 10.0. The largest absolute Gasteiger partial charge is 0.416 e. The van der Waals surface area contributed by atoms with E-state index < -0.39 is 11.7 Å². The highest BCUT2D eigenvalue weighted by Crippen LogP contribution is 2.33. The minimum absolute atomic E-state index is 0. The second kappa shape index (κ2) is 8.55. The molecule has 7 heteroatoms. The van der Waals surface area contributed by atoms with E-state index in [4.69, 9.17) is 5.73 Å². The summed E-state index contributed by atoms with van der Waals surface area (Å²) in [7, 11) is 0. The van der Waals surface area contributed by atoms with E-state index in [1.54, 1.807) is 11.0 Å². The third kappa shape index (κ3) is 5.11. The molecule has 0 heterocycles. The molecular formula is C16H22ClF3N2O. The SMILES string of the molecule is Cl.NCCC(=O)N(Cc1ccccc1C(F)(F)F)C1CCCC1. The van der Waals surface area contributed by atoms with Crippen LogP contribution in [0.1, 0.15) is 43.2 Å². The molecule has 0 atom stereocenters. The van der Waals surface area contributed by atoms with Crippen molar-refractivity contribution in [3.8, 4) is 0 Å². The molecule has 0 aliphatic heterocycles. The molecule has 1 fully saturated rings. The van der Waals surface area contributed by atoms with Crippen molar-refractivity contribution in [3.63, 3.8) is 0 Å². The lowest BCUT2D eigenvalue weighted by Gasteiger charge is -2.30. The van der Waals surface area contributed by atoms with Crippen LogP contribution in [0.3, 0.4) is 0 Å². The fourth-order valence-corrected chi connectivity index (χ4v) is 3.02. The summed E-state index contributed by atoms with van der Waals surface area (Å²) in [5, 5.41) is 0. The fraction of sp³-hybridized carbons (Fsp3) is 0.562. The molecule has 1 aliphatic carbocycles. The van der Waals surface area contributed by atoms with E-state index in [2.05, 4.69) is 0 Å². The predicted octanol–water partition coefficient (Wildman–Crippen LogP) is 3.75. The van der Waals surface area contributed by atoms with Crippen molar-refractivity contribution >= 4 is 18.3 Å². The highest BCUT2D eigenvalue weighted by atomic mass is 35.5. The molecular weight excluding hydrogens is 329 g/mol. The summed E-state index contributed by atoms with van der Waals surface area (Å²) in [5.41, 5.74) is 4.91. The number of amides is 1. The van der Waals surface area contributed by atoms with Crippen molar-refractivity contribution in [2.75, 3.05) is 6.54 Å². The van der Waals surface area contributed by atoms with Gasteiger partial charge in [-0.2, -0.15) is 13.2 Å². The number of halogens is 4. The van der Waals surface area contributed by atoms with E-state index in [-0.39, 0.29) is 49.4 Å². The maximum atomic E-state index is 13.1. The molecule has 2 N–H and O–H groups in total. The minimum Gasteiger partial charge on any atom is -0.335 e. The van der Waals surface area contributed by atoms with Crippen molar-refractivity contribution in [2.45, 2.75) is 50.9 Å². The Hall–Kier alpha value is -1.27. The number of nitrogens with zero attached hydrogens (tertiary/aromatic N) is 1. The Morgan fingerprint density at radius 1 is 1.22 bits per heavy atom. The summed E-state index contributed by atoms with van der Waals surface area (Å²) in [6, 6.07) is 5.48. The van der Waals surface area contributed by atoms with Gasteiger partial charge in [0.2, 0.25) is 5.91 Å². The lowest BCUT2D eigenvalue weighted by Crippen LogP contribution is -2.39. The Morgan fingerprint density at radius 2 is 1.83 bits per heavy atom. The molecule has 1 saturated carbocycles. The average molecular weight is 351 g/mol. The van der Waals surface area contributed by atoms with Gasteiger partial charge in [0.05, 0.1) is 5.56 Å². The smallest absolute Gasteiger partial charge is 0.335 e. The van der Waals surface area contributed by atoms with Gasteiger partial charge in [-0.25, -0.2) is 0 Å². The van der Waals surface area contributed by atoms with E-state index in [0.717, 1.165) is 31.7 Å². The Bertz CT molecular complexity index is 516. The number of benzene rings is 1. The number of rotatable bonds is 5. The zero-order chi connectivity index (χ0) is 16.2. The van der Waals surface area contributed by atoms with Gasteiger partial charge in [0, 0.05) is 25.6 Å². The summed E-state index contributed by atoms with van der Waals surface area (Å²) in [5.74, 6) is -0.161. The van der Waals surface area contributed by atoms with Gasteiger partial charge in [0.25, 0.3) is 0 Å². The number of hydrogen-bond acceptors (Lipinski definition) is 2. The van der Waals surface area contributed by atoms with Crippen LogP contribution < -0.4 is 5.73 Å². The molecule has 0 spiro atoms. The molecule has 1 aliphatic rings. The first kappa shape index (κ1) is 19.8. The molecule has 23 heavy (non-hydrogen) atoms. The van der Waals surface area contributed by atoms with E-state index in [9.17, 15) is 18.0 Å². The van der Waals surface area contributed by atoms with Crippen LogP contribution in [0.4, 0.5) is 13.2 Å². The third-order valence-corrected chi connectivity index (χ3v) is 4.11. The van der Waals surface area contributed by atoms with Gasteiger partial charge in [-0.3, -0.25) is 4.79 Å². The molecule has 1 aromatic carbocycles. The number of carbonyl (C=O) groups excluding carboxylic acids is 1. The average Bonchev–Trinajstić information content (AvgIpc) is 2.98. The molecule has 0 bridgehead atoms. The van der Waals surface area contributed by atoms with Crippen molar-refractivity contribution in [1.29, 1.82) is 0 Å². The van der Waals surface area contributed by atoms with Crippen LogP contribution in [0.2, 0.25) is 0 Å². The van der Waals surface area contributed by atoms with Crippen molar-refractivity contribution in [2.24, 2.45) is 5.73 Å². The highest BCUT2D eigenvalue weighted by Gasteiger charge is 2.34. The lowest BCUT2D eigenvalue weighted by molar-refractivity contribution is -0.140. The van der Waals surface area contributed by atoms with Gasteiger partial charge < -0.3 is 10.6 Å². The van der Waals surface area contributed by atoms with Gasteiger partial charge in [0.15, 0.2) is 0 Å². The standard InChI is InChI=1S/C16H21F3N2O.ClH/c17-16(18,19)14-8-4-1-5-12(14)11-21(15(22)9-10-20)13-6-2-3-7-13;/h1,4-5,8,13H,2-3,6-7,9-11,20H2;1H. The first-order valence-electron chi connectivity index (χ1n) is 7.58. The van der Waals surface area contributed by atoms with Crippen LogP contribution in [0.15, 0.2) is 24.3 Å². The summed E-state index contributed by atoms with van der Waals surface area (Å²) in [6.07, 6.45) is -0.509. The second-order valence-electron chi connectivity index (χ2n) is 5.65. The van der Waals surface area contributed by atoms with Gasteiger partial charge in [0.1, 0.15) is 0 Å². The Morgan fingerprint density at radius 3 is 2.39 bits per heavy atom. The maximum absolute atomic E-state index is 13.1. The molecule has 1 amide bonds. The molecule has 1 aromatic rings. The van der Waals surface area contributed by atoms with E-state index in [1.807, 2.05) is 0 Å². The number of alkyl halides is 3. The van der Waals surface area contributed by atoms with E-state index in [1.165, 1.54) is 12.1 Å². The monoisotopic (exact) mass is 350 g/mol. The van der Waals surface area contributed by atoms with Crippen molar-refractivity contribution < 1.29 is 18.0 Å². The first-order chi connectivity index (χ1) is 10.4. The molecule has 130 valence electrons. The van der Waals surface area contributed by atoms with Crippen LogP contribution in [0.5, 0.6) is 0 Å². The number of nitrogens with two attached hydrogens (primary N) is 1. The minimum atomic E-state index is -4.41. The van der Waals surface area contributed by atoms with Crippen molar-refractivity contribution in [1.82, 2.24) is 4.90 Å². The summed E-state index contributed by atoms with van der Waals surface area (Å²) in [6.45, 7) is 0.210. The molecule has 0 radical (unpaired) electrons. The summed E-state index contributed by atoms with van der Waals surface area (Å²) in [4.78, 5) is 13.8. The highest BCUT2D eigenvalue weighted by molar-refractivity contribution is 5.85. The number of hydrogen-bond donors (Lipinski definition) is 1. The van der Waals surface area contributed by atoms with Gasteiger partial charge in [-0.05, 0) is 24.5 Å². The molecule has 0 saturated heterocycles. The predicted molar refractivity (Wildman–Crippen MR) is 85.2 cm³/mol. The zero-order valence-electron chi connectivity index (χ0n) is 12.8. The summed E-state index contributed by atoms with van der Waals surface area (Å²) >= 11 is 0. The Labute approximate surface area is 140 Å². The maximum Gasteiger partial charge on any atom is 0.416 e. The third-order valence-electron chi connectivity index (χ3n) is 4.11. The summed E-state index contributed by atoms with van der Waals surface area (Å²) < 4.78 is 39.3. The van der Waals surface area contributed by atoms with Gasteiger partial charge in [-0.1, -0.05) is 31.0 Å². The van der Waals surface area contributed by atoms with Crippen LogP contribution >= 0.6 is 12.4 Å². The van der Waals surface area contributed by atoms with Crippen LogP contribution in [0, 0.1) is 0 Å².